The molecule has 5 nitrogen and oxygen atoms in total. The smallest absolute Gasteiger partial charge is 0.201 e. The molecule has 0 aliphatic rings. The quantitative estimate of drug-likeness (QED) is 0.796. The van der Waals surface area contributed by atoms with Gasteiger partial charge in [-0.25, -0.2) is 9.97 Å². The lowest BCUT2D eigenvalue weighted by Gasteiger charge is -2.05. The number of rotatable bonds is 3. The third-order valence-electron chi connectivity index (χ3n) is 3.13. The summed E-state index contributed by atoms with van der Waals surface area (Å²) < 4.78 is 7.19. The van der Waals surface area contributed by atoms with Crippen molar-refractivity contribution in [2.45, 2.75) is 13.5 Å². The highest BCUT2D eigenvalue weighted by Crippen LogP contribution is 2.25. The molecule has 1 aromatic carbocycles. The van der Waals surface area contributed by atoms with Gasteiger partial charge in [-0.3, -0.25) is 0 Å². The third kappa shape index (κ3) is 2.04. The molecule has 2 heterocycles. The van der Waals surface area contributed by atoms with E-state index in [0.29, 0.717) is 12.5 Å². The molecule has 0 fully saturated rings. The molecule has 0 bridgehead atoms. The Hall–Kier alpha value is -2.08. The Morgan fingerprint density at radius 1 is 1.42 bits per heavy atom. The van der Waals surface area contributed by atoms with Gasteiger partial charge in [-0.05, 0) is 19.1 Å². The van der Waals surface area contributed by atoms with Crippen LogP contribution in [0.3, 0.4) is 0 Å². The van der Waals surface area contributed by atoms with Gasteiger partial charge in [0.05, 0.1) is 35.9 Å². The molecule has 0 atom stereocenters. The maximum Gasteiger partial charge on any atom is 0.201 e. The topological polar surface area (TPSA) is 66.0 Å². The van der Waals surface area contributed by atoms with E-state index in [0.717, 1.165) is 22.5 Å². The first-order valence-corrected chi connectivity index (χ1v) is 6.75. The summed E-state index contributed by atoms with van der Waals surface area (Å²) in [6, 6.07) is 5.79. The van der Waals surface area contributed by atoms with Gasteiger partial charge < -0.3 is 15.0 Å². The minimum absolute atomic E-state index is 0.510. The van der Waals surface area contributed by atoms with Crippen molar-refractivity contribution in [3.63, 3.8) is 0 Å². The van der Waals surface area contributed by atoms with E-state index in [1.165, 1.54) is 4.88 Å². The van der Waals surface area contributed by atoms with Crippen LogP contribution < -0.4 is 10.5 Å². The van der Waals surface area contributed by atoms with Crippen LogP contribution in [0.4, 0.5) is 5.95 Å². The molecule has 98 valence electrons. The molecule has 0 aliphatic carbocycles. The fraction of sp³-hybridized carbons (Fsp3) is 0.231. The number of methoxy groups -OCH3 is 1. The minimum Gasteiger partial charge on any atom is -0.497 e. The normalized spacial score (nSPS) is 11.1. The number of ether oxygens (including phenoxy) is 1. The molecule has 2 N–H and O–H groups in total. The predicted molar refractivity (Wildman–Crippen MR) is 76.7 cm³/mol. The Morgan fingerprint density at radius 2 is 2.26 bits per heavy atom. The van der Waals surface area contributed by atoms with Gasteiger partial charge in [0.2, 0.25) is 5.95 Å². The lowest BCUT2D eigenvalue weighted by atomic mass is 10.3. The number of hydrogen-bond donors (Lipinski definition) is 1. The van der Waals surface area contributed by atoms with Gasteiger partial charge in [-0.15, -0.1) is 11.3 Å². The molecule has 3 rings (SSSR count). The van der Waals surface area contributed by atoms with E-state index in [-0.39, 0.29) is 0 Å². The fourth-order valence-corrected chi connectivity index (χ4v) is 2.81. The summed E-state index contributed by atoms with van der Waals surface area (Å²) in [5.41, 5.74) is 10.8. The Bertz CT molecular complexity index is 731. The van der Waals surface area contributed by atoms with E-state index >= 15 is 0 Å². The van der Waals surface area contributed by atoms with Crippen LogP contribution >= 0.6 is 11.3 Å². The second kappa shape index (κ2) is 4.55. The highest BCUT2D eigenvalue weighted by molar-refractivity contribution is 7.09. The number of aryl methyl sites for hydroxylation is 1. The first-order valence-electron chi connectivity index (χ1n) is 5.87. The summed E-state index contributed by atoms with van der Waals surface area (Å²) in [4.78, 5) is 9.83. The number of aromatic nitrogens is 3. The third-order valence-corrected chi connectivity index (χ3v) is 4.05. The van der Waals surface area contributed by atoms with Crippen LogP contribution in [0.5, 0.6) is 5.75 Å². The average molecular weight is 274 g/mol. The summed E-state index contributed by atoms with van der Waals surface area (Å²) in [6.45, 7) is 2.70. The predicted octanol–water partition coefficient (Wildman–Crippen LogP) is 2.44. The number of imidazole rings is 1. The number of fused-ring (bicyclic) bond motifs is 1. The van der Waals surface area contributed by atoms with Crippen LogP contribution in [0.15, 0.2) is 23.7 Å². The van der Waals surface area contributed by atoms with Gasteiger partial charge >= 0.3 is 0 Å². The summed E-state index contributed by atoms with van der Waals surface area (Å²) in [5, 5.41) is 0. The van der Waals surface area contributed by atoms with Crippen LogP contribution in [0.2, 0.25) is 0 Å². The number of nitrogens with zero attached hydrogens (tertiary/aromatic N) is 3. The van der Waals surface area contributed by atoms with Crippen molar-refractivity contribution in [2.24, 2.45) is 0 Å². The Labute approximate surface area is 114 Å². The van der Waals surface area contributed by atoms with Crippen LogP contribution in [0, 0.1) is 6.92 Å². The molecule has 0 saturated carbocycles. The SMILES string of the molecule is COc1ccc2c(c1)nc(N)n2Cc1scnc1C. The number of hydrogen-bond acceptors (Lipinski definition) is 5. The summed E-state index contributed by atoms with van der Waals surface area (Å²) >= 11 is 1.63. The van der Waals surface area contributed by atoms with E-state index in [1.54, 1.807) is 18.4 Å². The zero-order valence-electron chi connectivity index (χ0n) is 10.8. The second-order valence-electron chi connectivity index (χ2n) is 4.27. The van der Waals surface area contributed by atoms with E-state index in [1.807, 2.05) is 35.2 Å². The fourth-order valence-electron chi connectivity index (χ4n) is 2.04. The standard InChI is InChI=1S/C13H14N4OS/c1-8-12(19-7-15-8)6-17-11-4-3-9(18-2)5-10(11)16-13(17)14/h3-5,7H,6H2,1-2H3,(H2,14,16). The first kappa shape index (κ1) is 12.0. The van der Waals surface area contributed by atoms with Gasteiger partial charge in [0.1, 0.15) is 5.75 Å². The molecule has 6 heteroatoms. The highest BCUT2D eigenvalue weighted by atomic mass is 32.1. The van der Waals surface area contributed by atoms with E-state index < -0.39 is 0 Å². The number of nitrogen functional groups attached to an aromatic ring is 1. The van der Waals surface area contributed by atoms with E-state index in [2.05, 4.69) is 9.97 Å². The molecule has 3 aromatic rings. The Balaban J connectivity index is 2.08. The van der Waals surface area contributed by atoms with Gasteiger partial charge in [-0.2, -0.15) is 0 Å². The Kier molecular flexibility index (Phi) is 2.87. The van der Waals surface area contributed by atoms with Crippen molar-refractivity contribution < 1.29 is 4.74 Å². The van der Waals surface area contributed by atoms with Crippen LogP contribution in [-0.4, -0.2) is 21.6 Å². The molecular weight excluding hydrogens is 260 g/mol. The van der Waals surface area contributed by atoms with Crippen molar-refractivity contribution in [1.29, 1.82) is 0 Å². The highest BCUT2D eigenvalue weighted by Gasteiger charge is 2.11. The Morgan fingerprint density at radius 3 is 2.95 bits per heavy atom. The van der Waals surface area contributed by atoms with Crippen molar-refractivity contribution in [3.8, 4) is 5.75 Å². The van der Waals surface area contributed by atoms with Crippen LogP contribution in [-0.2, 0) is 6.54 Å². The lowest BCUT2D eigenvalue weighted by Crippen LogP contribution is -2.04. The molecule has 0 unspecified atom stereocenters. The van der Waals surface area contributed by atoms with Crippen molar-refractivity contribution >= 4 is 28.3 Å². The van der Waals surface area contributed by atoms with Crippen LogP contribution in [0.25, 0.3) is 11.0 Å². The number of nitrogens with two attached hydrogens (primary N) is 1. The van der Waals surface area contributed by atoms with Gasteiger partial charge in [0.15, 0.2) is 0 Å². The minimum atomic E-state index is 0.510. The molecule has 19 heavy (non-hydrogen) atoms. The second-order valence-corrected chi connectivity index (χ2v) is 5.21. The largest absolute Gasteiger partial charge is 0.497 e. The van der Waals surface area contributed by atoms with Crippen molar-refractivity contribution in [3.05, 3.63) is 34.3 Å². The zero-order chi connectivity index (χ0) is 13.4. The molecule has 0 spiro atoms. The first-order chi connectivity index (χ1) is 9.19. The number of thiazole rings is 1. The van der Waals surface area contributed by atoms with E-state index in [4.69, 9.17) is 10.5 Å². The van der Waals surface area contributed by atoms with E-state index in [9.17, 15) is 0 Å². The molecule has 0 radical (unpaired) electrons. The van der Waals surface area contributed by atoms with Gasteiger partial charge in [-0.1, -0.05) is 0 Å². The summed E-state index contributed by atoms with van der Waals surface area (Å²) in [7, 11) is 1.64. The van der Waals surface area contributed by atoms with Crippen LogP contribution in [0.1, 0.15) is 10.6 Å². The molecule has 0 amide bonds. The maximum atomic E-state index is 6.01. The monoisotopic (exact) mass is 274 g/mol. The number of anilines is 1. The van der Waals surface area contributed by atoms with Crippen molar-refractivity contribution in [2.75, 3.05) is 12.8 Å². The number of benzene rings is 1. The zero-order valence-corrected chi connectivity index (χ0v) is 11.6. The molecule has 0 saturated heterocycles. The molecule has 0 aliphatic heterocycles. The summed E-state index contributed by atoms with van der Waals surface area (Å²) in [6.07, 6.45) is 0. The van der Waals surface area contributed by atoms with Gasteiger partial charge in [0, 0.05) is 10.9 Å². The summed E-state index contributed by atoms with van der Waals surface area (Å²) in [5.74, 6) is 1.29. The van der Waals surface area contributed by atoms with Gasteiger partial charge in [0.25, 0.3) is 0 Å². The lowest BCUT2D eigenvalue weighted by molar-refractivity contribution is 0.415. The van der Waals surface area contributed by atoms with Crippen molar-refractivity contribution in [1.82, 2.24) is 14.5 Å². The maximum absolute atomic E-state index is 6.01. The molecule has 2 aromatic heterocycles. The molecular formula is C13H14N4OS. The average Bonchev–Trinajstić information content (AvgIpc) is 2.94.